The predicted molar refractivity (Wildman–Crippen MR) is 524 cm³/mol. The molecule has 784 valence electrons. The van der Waals surface area contributed by atoms with Gasteiger partial charge < -0.3 is 108 Å². The number of Topliss-reactive ketones (excluding diaryl/α,β-unsaturated/α-hetero) is 3. The number of aromatic amines is 1. The molecule has 19 N–H and O–H groups in total. The molecular weight excluding hydrogens is 2000 g/mol. The van der Waals surface area contributed by atoms with Crippen molar-refractivity contribution in [3.63, 3.8) is 0 Å². The van der Waals surface area contributed by atoms with Crippen molar-refractivity contribution < 1.29 is 135 Å². The number of nitrogens with two attached hydrogens (primary N) is 2. The molecule has 2 aliphatic heterocycles. The largest absolute Gasteiger partial charge is 0.487 e. The van der Waals surface area contributed by atoms with Crippen molar-refractivity contribution in [1.29, 1.82) is 5.41 Å². The maximum atomic E-state index is 14.9. The van der Waals surface area contributed by atoms with E-state index in [1.54, 1.807) is 25.3 Å². The summed E-state index contributed by atoms with van der Waals surface area (Å²) in [6.45, 7) is 1.36. The summed E-state index contributed by atoms with van der Waals surface area (Å²) in [4.78, 5) is 265. The molecule has 3 unspecified atom stereocenters. The number of carbonyl (C=O) groups excluding carboxylic acids is 13. The maximum absolute atomic E-state index is 14.9. The average Bonchev–Trinajstić information content (AvgIpc) is 1.53. The van der Waals surface area contributed by atoms with Crippen LogP contribution in [-0.4, -0.2) is 287 Å². The lowest BCUT2D eigenvalue weighted by molar-refractivity contribution is -0.145. The number of carboxylic acid groups (broad SMARTS) is 4. The normalized spacial score (nSPS) is 16.5. The van der Waals surface area contributed by atoms with Gasteiger partial charge >= 0.3 is 30.0 Å². The first-order valence-electron chi connectivity index (χ1n) is 46.2. The number of nitrogens with zero attached hydrogens (tertiary/aromatic N) is 7. The number of hydrogen-bond acceptors (Lipinski definition) is 36. The highest BCUT2D eigenvalue weighted by Crippen LogP contribution is 2.42. The van der Waals surface area contributed by atoms with E-state index < -0.39 is 223 Å². The number of carbonyl (C=O) groups is 17. The third kappa shape index (κ3) is 34.9. The molecule has 6 heterocycles. The van der Waals surface area contributed by atoms with Gasteiger partial charge in [-0.1, -0.05) is 51.4 Å². The standard InChI is InChI=1S/C93H112ClFN20O28S3/c1-50(142-92(137)114(46-74(121)106-64-10-4-8-61-62(64)45-115(85(61)131)68-20-21-73(120)111-83(68)129)29-31-139-33-35-140-34-32-138-30-27-99-88(136)93(42-57-7-3-13-72(104-57)110-91-101-28-36-144-91)24-22-60(23-25-93)143-71-12-5-9-63(94)77(71)95)51(2)146-145-48-55(86(132)133)39-70(119)67(47-141-49-116)109-82(128)54(41-76(124)125)38-69(118)65(11-6-26-100-89(96)97)107-81(127)53(40-75(122)123)37-59(117)18-19-66(87(134)135)108-80(126)52-14-16-56(17-15-52)102-43-58-44-103-79-78(105-58)84(130)113-90(98)112-79/h3-5,7-10,12-17,28,36,44,49-51,53-55,60,65-68,102H,6,11,18-27,29-35,37-43,45-48H2,1-2H3,(H,99,136)(H,106,121)(H,107,127)(H,108,126)(H,109,128)(H,122,123)(H,124,125)(H,132,133)(H,134,135)(H4,96,97,100)(H,101,104,110)(H,111,120,129)(H3,98,103,112,113,130)/t50?,51?,53-,54-,55+,60?,65-,66+,67-,68?,93?/m1/s1. The van der Waals surface area contributed by atoms with E-state index in [1.807, 2.05) is 17.5 Å². The van der Waals surface area contributed by atoms with Crippen LogP contribution < -0.4 is 69.6 Å². The van der Waals surface area contributed by atoms with Gasteiger partial charge in [0, 0.05) is 121 Å². The Morgan fingerprint density at radius 3 is 2.10 bits per heavy atom. The van der Waals surface area contributed by atoms with Crippen LogP contribution in [0, 0.1) is 34.4 Å². The van der Waals surface area contributed by atoms with Crippen molar-refractivity contribution in [2.45, 2.75) is 171 Å². The quantitative estimate of drug-likeness (QED) is 0.00605. The molecule has 146 heavy (non-hydrogen) atoms. The molecular formula is C93H112ClFN20O28S3. The van der Waals surface area contributed by atoms with E-state index in [1.165, 1.54) is 84.0 Å². The number of thiazole rings is 1. The van der Waals surface area contributed by atoms with Crippen LogP contribution in [0.2, 0.25) is 5.02 Å². The van der Waals surface area contributed by atoms with Gasteiger partial charge in [0.15, 0.2) is 45.4 Å². The molecule has 0 radical (unpaired) electrons. The zero-order valence-corrected chi connectivity index (χ0v) is 82.4. The SMILES string of the molecule is CC(OC(=O)N(CCOCCOCCOCCNC(=O)C1(Cc2cccc(Nc3nccs3)n2)CCC(Oc2cccc(Cl)c2F)CC1)CC(=O)Nc1cccc2c1CN(C1CCC(=O)NC1=O)C2=O)C(C)SSC[C@H](CC(=O)[C@@H](COC=O)NC(=O)[C@@H](CC(=O)O)CC(=O)[C@@H](CCCNC(=N)N)NC(=O)[C@@H](CC(=O)O)CC(=O)CC[C@H](NC(=O)c1ccc(NCc2cnc3nc(N)[nH]c(=O)c3n2)cc1)C(=O)O)C(=O)O. The number of aliphatic carboxylic acids is 4. The smallest absolute Gasteiger partial charge is 0.410 e. The van der Waals surface area contributed by atoms with Gasteiger partial charge in [0.05, 0.1) is 111 Å². The van der Waals surface area contributed by atoms with Gasteiger partial charge in [0.25, 0.3) is 23.8 Å². The van der Waals surface area contributed by atoms with Crippen molar-refractivity contribution in [3.05, 3.63) is 146 Å². The minimum absolute atomic E-state index is 0.00984. The summed E-state index contributed by atoms with van der Waals surface area (Å²) in [6, 6.07) is 14.0. The summed E-state index contributed by atoms with van der Waals surface area (Å²) in [5.74, 6) is -21.7. The number of carboxylic acids is 4. The van der Waals surface area contributed by atoms with Gasteiger partial charge in [-0.3, -0.25) is 97.3 Å². The minimum atomic E-state index is -1.90. The average molecular weight is 2110 g/mol. The fraction of sp³-hybridized carbons (Fsp3) is 0.462. The summed E-state index contributed by atoms with van der Waals surface area (Å²) in [6.07, 6.45) is -3.93. The number of nitrogens with one attached hydrogen (secondary N) is 11. The highest BCUT2D eigenvalue weighted by atomic mass is 35.5. The van der Waals surface area contributed by atoms with Gasteiger partial charge in [-0.05, 0) is 126 Å². The van der Waals surface area contributed by atoms with Crippen LogP contribution in [0.25, 0.3) is 11.2 Å². The van der Waals surface area contributed by atoms with Crippen molar-refractivity contribution in [2.24, 2.45) is 28.9 Å². The Morgan fingerprint density at radius 1 is 0.747 bits per heavy atom. The zero-order chi connectivity index (χ0) is 106. The van der Waals surface area contributed by atoms with Gasteiger partial charge in [0.2, 0.25) is 41.4 Å². The number of halogens is 2. The topological polar surface area (TPSA) is 714 Å². The number of imide groups is 1. The van der Waals surface area contributed by atoms with Crippen LogP contribution in [-0.2, 0) is 110 Å². The lowest BCUT2D eigenvalue weighted by Gasteiger charge is -2.39. The van der Waals surface area contributed by atoms with E-state index in [2.05, 4.69) is 72.8 Å². The number of ether oxygens (including phenoxy) is 6. The Bertz CT molecular complexity index is 5930. The molecule has 9 amide bonds. The number of aromatic nitrogens is 6. The number of benzene rings is 3. The molecule has 1 saturated heterocycles. The highest BCUT2D eigenvalue weighted by Gasteiger charge is 2.45. The molecule has 1 saturated carbocycles. The molecule has 9 atom stereocenters. The van der Waals surface area contributed by atoms with Crippen molar-refractivity contribution in [1.82, 2.24) is 71.6 Å². The van der Waals surface area contributed by atoms with Gasteiger partial charge in [-0.15, -0.1) is 11.3 Å². The number of guanidine groups is 1. The van der Waals surface area contributed by atoms with Crippen LogP contribution in [0.5, 0.6) is 5.75 Å². The molecule has 7 aromatic rings. The van der Waals surface area contributed by atoms with Crippen LogP contribution in [0.15, 0.2) is 101 Å². The summed E-state index contributed by atoms with van der Waals surface area (Å²) in [7, 11) is 1.94. The zero-order valence-electron chi connectivity index (χ0n) is 79.2. The highest BCUT2D eigenvalue weighted by molar-refractivity contribution is 8.77. The monoisotopic (exact) mass is 2110 g/mol. The fourth-order valence-electron chi connectivity index (χ4n) is 15.8. The van der Waals surface area contributed by atoms with Crippen LogP contribution >= 0.6 is 44.5 Å². The number of ketones is 3. The Balaban J connectivity index is 0.701. The summed E-state index contributed by atoms with van der Waals surface area (Å²) >= 11 is 7.44. The van der Waals surface area contributed by atoms with Gasteiger partial charge in [-0.25, -0.2) is 33.9 Å². The number of hydrogen-bond donors (Lipinski definition) is 17. The number of anilines is 5. The predicted octanol–water partition coefficient (Wildman–Crippen LogP) is 4.84. The van der Waals surface area contributed by atoms with Crippen molar-refractivity contribution in [3.8, 4) is 5.75 Å². The maximum Gasteiger partial charge on any atom is 0.410 e. The molecule has 2 fully saturated rings. The first kappa shape index (κ1) is 113. The van der Waals surface area contributed by atoms with E-state index in [0.717, 1.165) is 26.5 Å². The molecule has 1 aliphatic carbocycles. The third-order valence-electron chi connectivity index (χ3n) is 23.7. The van der Waals surface area contributed by atoms with Crippen LogP contribution in [0.1, 0.15) is 148 Å². The molecule has 4 aromatic heterocycles. The van der Waals surface area contributed by atoms with Crippen LogP contribution in [0.3, 0.4) is 0 Å². The number of fused-ring (bicyclic) bond motifs is 2. The third-order valence-corrected chi connectivity index (χ3v) is 27.8. The lowest BCUT2D eigenvalue weighted by Crippen LogP contribution is -2.52. The van der Waals surface area contributed by atoms with Crippen LogP contribution in [0.4, 0.5) is 37.5 Å². The molecule has 0 bridgehead atoms. The Kier molecular flexibility index (Phi) is 43.6. The van der Waals surface area contributed by atoms with Gasteiger partial charge in [0.1, 0.15) is 49.0 Å². The molecule has 3 aliphatic rings. The summed E-state index contributed by atoms with van der Waals surface area (Å²) in [5.41, 5.74) is 11.7. The molecule has 48 nitrogen and oxygen atoms in total. The second-order valence-corrected chi connectivity index (χ2v) is 38.4. The molecule has 0 spiro atoms. The first-order valence-corrected chi connectivity index (χ1v) is 49.9. The number of nitrogen functional groups attached to an aromatic ring is 1. The van der Waals surface area contributed by atoms with E-state index >= 15 is 0 Å². The number of amides is 9. The Hall–Kier alpha value is -14.5. The summed E-state index contributed by atoms with van der Waals surface area (Å²) in [5, 5.41) is 73.5. The molecule has 10 rings (SSSR count). The second kappa shape index (κ2) is 56.1. The molecule has 3 aromatic carbocycles. The second-order valence-electron chi connectivity index (χ2n) is 34.3. The van der Waals surface area contributed by atoms with E-state index in [9.17, 15) is 111 Å². The lowest BCUT2D eigenvalue weighted by atomic mass is 9.69. The Morgan fingerprint density at radius 2 is 1.42 bits per heavy atom. The number of piperidine rings is 1. The van der Waals surface area contributed by atoms with E-state index in [4.69, 9.17) is 61.9 Å². The first-order chi connectivity index (χ1) is 69.8. The van der Waals surface area contributed by atoms with Crippen molar-refractivity contribution in [2.75, 3.05) is 99.9 Å². The van der Waals surface area contributed by atoms with E-state index in [0.29, 0.717) is 65.7 Å². The number of rotatable bonds is 62. The summed E-state index contributed by atoms with van der Waals surface area (Å²) < 4.78 is 49.1. The molecule has 53 heteroatoms. The van der Waals surface area contributed by atoms with Gasteiger partial charge in [-0.2, -0.15) is 4.98 Å². The number of H-pyrrole nitrogens is 1. The van der Waals surface area contributed by atoms with Crippen molar-refractivity contribution >= 4 is 191 Å². The fourth-order valence-corrected chi connectivity index (χ4v) is 19.3. The minimum Gasteiger partial charge on any atom is -0.487 e. The number of pyridine rings is 1. The Labute approximate surface area is 849 Å². The van der Waals surface area contributed by atoms with E-state index in [-0.39, 0.29) is 167 Å².